The van der Waals surface area contributed by atoms with Crippen molar-refractivity contribution >= 4 is 17.6 Å². The summed E-state index contributed by atoms with van der Waals surface area (Å²) >= 11 is 0. The average molecular weight is 275 g/mol. The number of ether oxygens (including phenoxy) is 1. The van der Waals surface area contributed by atoms with E-state index in [1.165, 1.54) is 0 Å². The second kappa shape index (κ2) is 4.37. The van der Waals surface area contributed by atoms with Crippen molar-refractivity contribution < 1.29 is 22.7 Å². The lowest BCUT2D eigenvalue weighted by Crippen LogP contribution is -2.13. The molecule has 0 aliphatic rings. The van der Waals surface area contributed by atoms with Crippen molar-refractivity contribution in [3.63, 3.8) is 0 Å². The highest BCUT2D eigenvalue weighted by Gasteiger charge is 2.37. The average Bonchev–Trinajstić information content (AvgIpc) is 2.74. The summed E-state index contributed by atoms with van der Waals surface area (Å²) in [5.41, 5.74) is 5.39. The third kappa shape index (κ3) is 2.28. The van der Waals surface area contributed by atoms with Gasteiger partial charge in [0.2, 0.25) is 0 Å². The minimum atomic E-state index is -4.72. The fraction of sp³-hybridized carbons (Fsp3) is 0.333. The summed E-state index contributed by atoms with van der Waals surface area (Å²) in [6, 6.07) is 0. The standard InChI is InChI=1S/C9H8F3N5O2/c1-2-19-6(18)4-3-14-8-15-7(9(10,11)12)16-17(8)5(4)13/h3H,2,13H2,1H3. The van der Waals surface area contributed by atoms with Gasteiger partial charge >= 0.3 is 12.1 Å². The zero-order valence-corrected chi connectivity index (χ0v) is 9.60. The van der Waals surface area contributed by atoms with Gasteiger partial charge in [-0.25, -0.2) is 9.78 Å². The molecule has 2 aromatic rings. The van der Waals surface area contributed by atoms with Gasteiger partial charge in [0.05, 0.1) is 6.61 Å². The number of carbonyl (C=O) groups excluding carboxylic acids is 1. The Morgan fingerprint density at radius 2 is 2.21 bits per heavy atom. The first-order valence-corrected chi connectivity index (χ1v) is 5.10. The highest BCUT2D eigenvalue weighted by atomic mass is 19.4. The fourth-order valence-corrected chi connectivity index (χ4v) is 1.34. The summed E-state index contributed by atoms with van der Waals surface area (Å²) in [4.78, 5) is 18.2. The fourth-order valence-electron chi connectivity index (χ4n) is 1.34. The number of carbonyl (C=O) groups is 1. The van der Waals surface area contributed by atoms with Crippen LogP contribution in [0, 0.1) is 0 Å². The van der Waals surface area contributed by atoms with Gasteiger partial charge in [-0.3, -0.25) is 0 Å². The van der Waals surface area contributed by atoms with Crippen molar-refractivity contribution in [3.05, 3.63) is 17.6 Å². The van der Waals surface area contributed by atoms with Gasteiger partial charge in [-0.2, -0.15) is 22.7 Å². The van der Waals surface area contributed by atoms with Crippen LogP contribution in [0.3, 0.4) is 0 Å². The molecule has 19 heavy (non-hydrogen) atoms. The zero-order valence-electron chi connectivity index (χ0n) is 9.60. The molecule has 0 fully saturated rings. The van der Waals surface area contributed by atoms with Crippen molar-refractivity contribution in [1.82, 2.24) is 19.6 Å². The molecule has 0 aromatic carbocycles. The van der Waals surface area contributed by atoms with Crippen LogP contribution >= 0.6 is 0 Å². The molecule has 0 saturated heterocycles. The van der Waals surface area contributed by atoms with Gasteiger partial charge in [0.1, 0.15) is 11.4 Å². The summed E-state index contributed by atoms with van der Waals surface area (Å²) in [6.07, 6.45) is -3.72. The van der Waals surface area contributed by atoms with Crippen molar-refractivity contribution in [3.8, 4) is 0 Å². The minimum absolute atomic E-state index is 0.0987. The molecule has 0 saturated carbocycles. The van der Waals surface area contributed by atoms with Gasteiger partial charge < -0.3 is 10.5 Å². The number of nitrogens with zero attached hydrogens (tertiary/aromatic N) is 4. The maximum Gasteiger partial charge on any atom is 0.453 e. The van der Waals surface area contributed by atoms with Crippen LogP contribution in [-0.2, 0) is 10.9 Å². The Hall–Kier alpha value is -2.39. The molecule has 0 amide bonds. The molecule has 0 aliphatic carbocycles. The highest BCUT2D eigenvalue weighted by molar-refractivity contribution is 5.94. The third-order valence-corrected chi connectivity index (χ3v) is 2.15. The van der Waals surface area contributed by atoms with Crippen molar-refractivity contribution in [2.24, 2.45) is 0 Å². The number of nitrogens with two attached hydrogens (primary N) is 1. The Morgan fingerprint density at radius 3 is 2.79 bits per heavy atom. The number of fused-ring (bicyclic) bond motifs is 1. The lowest BCUT2D eigenvalue weighted by atomic mass is 10.3. The van der Waals surface area contributed by atoms with E-state index in [1.807, 2.05) is 0 Å². The Morgan fingerprint density at radius 1 is 1.53 bits per heavy atom. The van der Waals surface area contributed by atoms with Gasteiger partial charge in [-0.15, -0.1) is 5.10 Å². The second-order valence-electron chi connectivity index (χ2n) is 3.42. The summed E-state index contributed by atoms with van der Waals surface area (Å²) in [5.74, 6) is -2.84. The van der Waals surface area contributed by atoms with Crippen molar-refractivity contribution in [2.45, 2.75) is 13.1 Å². The number of anilines is 1. The van der Waals surface area contributed by atoms with E-state index in [0.29, 0.717) is 4.52 Å². The summed E-state index contributed by atoms with van der Waals surface area (Å²) in [7, 11) is 0. The molecule has 10 heteroatoms. The smallest absolute Gasteiger partial charge is 0.453 e. The molecule has 0 radical (unpaired) electrons. The van der Waals surface area contributed by atoms with E-state index >= 15 is 0 Å². The molecule has 0 spiro atoms. The maximum atomic E-state index is 12.4. The van der Waals surface area contributed by atoms with Crippen LogP contribution in [0.15, 0.2) is 6.20 Å². The number of hydrogen-bond donors (Lipinski definition) is 1. The molecule has 0 atom stereocenters. The first-order valence-electron chi connectivity index (χ1n) is 5.10. The van der Waals surface area contributed by atoms with E-state index in [0.717, 1.165) is 6.20 Å². The molecule has 2 N–H and O–H groups in total. The number of esters is 1. The van der Waals surface area contributed by atoms with Crippen LogP contribution in [0.2, 0.25) is 0 Å². The van der Waals surface area contributed by atoms with Crippen LogP contribution in [-0.4, -0.2) is 32.2 Å². The number of aromatic nitrogens is 4. The van der Waals surface area contributed by atoms with Gasteiger partial charge in [0.15, 0.2) is 0 Å². The molecule has 2 rings (SSSR count). The van der Waals surface area contributed by atoms with E-state index in [-0.39, 0.29) is 23.8 Å². The molecule has 2 heterocycles. The molecule has 0 aliphatic heterocycles. The Kier molecular flexibility index (Phi) is 3.00. The summed E-state index contributed by atoms with van der Waals surface area (Å²) in [6.45, 7) is 1.68. The molecule has 102 valence electrons. The number of alkyl halides is 3. The van der Waals surface area contributed by atoms with Crippen LogP contribution in [0.4, 0.5) is 19.0 Å². The molecule has 2 aromatic heterocycles. The normalized spacial score (nSPS) is 11.8. The van der Waals surface area contributed by atoms with E-state index in [4.69, 9.17) is 5.73 Å². The quantitative estimate of drug-likeness (QED) is 0.818. The third-order valence-electron chi connectivity index (χ3n) is 2.15. The van der Waals surface area contributed by atoms with E-state index in [9.17, 15) is 18.0 Å². The predicted octanol–water partition coefficient (Wildman–Crippen LogP) is 0.902. The highest BCUT2D eigenvalue weighted by Crippen LogP contribution is 2.27. The lowest BCUT2D eigenvalue weighted by molar-refractivity contribution is -0.144. The van der Waals surface area contributed by atoms with Crippen LogP contribution < -0.4 is 5.73 Å². The van der Waals surface area contributed by atoms with Crippen LogP contribution in [0.25, 0.3) is 5.78 Å². The van der Waals surface area contributed by atoms with E-state index in [2.05, 4.69) is 19.8 Å². The van der Waals surface area contributed by atoms with Crippen LogP contribution in [0.1, 0.15) is 23.1 Å². The lowest BCUT2D eigenvalue weighted by Gasteiger charge is -2.04. The summed E-state index contributed by atoms with van der Waals surface area (Å²) in [5, 5.41) is 3.17. The first-order chi connectivity index (χ1) is 8.84. The molecular weight excluding hydrogens is 267 g/mol. The molecule has 7 nitrogen and oxygen atoms in total. The SMILES string of the molecule is CCOC(=O)c1cnc2nc(C(F)(F)F)nn2c1N. The Balaban J connectivity index is 2.56. The van der Waals surface area contributed by atoms with Gasteiger partial charge in [-0.05, 0) is 6.92 Å². The monoisotopic (exact) mass is 275 g/mol. The zero-order chi connectivity index (χ0) is 14.2. The number of nitrogen functional groups attached to an aromatic ring is 1. The van der Waals surface area contributed by atoms with Crippen molar-refractivity contribution in [2.75, 3.05) is 12.3 Å². The van der Waals surface area contributed by atoms with Crippen LogP contribution in [0.5, 0.6) is 0 Å². The summed E-state index contributed by atoms with van der Waals surface area (Å²) < 4.78 is 42.7. The largest absolute Gasteiger partial charge is 0.462 e. The van der Waals surface area contributed by atoms with Crippen molar-refractivity contribution in [1.29, 1.82) is 0 Å². The Bertz CT molecular complexity index is 637. The topological polar surface area (TPSA) is 95.4 Å². The number of rotatable bonds is 2. The Labute approximate surface area is 104 Å². The minimum Gasteiger partial charge on any atom is -0.462 e. The van der Waals surface area contributed by atoms with Gasteiger partial charge in [-0.1, -0.05) is 0 Å². The number of hydrogen-bond acceptors (Lipinski definition) is 6. The molecular formula is C9H8F3N5O2. The van der Waals surface area contributed by atoms with Gasteiger partial charge in [0.25, 0.3) is 11.6 Å². The van der Waals surface area contributed by atoms with Gasteiger partial charge in [0, 0.05) is 6.20 Å². The van der Waals surface area contributed by atoms with E-state index < -0.39 is 18.0 Å². The predicted molar refractivity (Wildman–Crippen MR) is 56.2 cm³/mol. The molecule has 0 unspecified atom stereocenters. The van der Waals surface area contributed by atoms with E-state index in [1.54, 1.807) is 6.92 Å². The first kappa shape index (κ1) is 13.1. The maximum absolute atomic E-state index is 12.4. The molecule has 0 bridgehead atoms. The number of halogens is 3. The second-order valence-corrected chi connectivity index (χ2v) is 3.42.